The number of hydrogen-bond acceptors (Lipinski definition) is 4. The van der Waals surface area contributed by atoms with Gasteiger partial charge in [-0.05, 0) is 25.1 Å². The van der Waals surface area contributed by atoms with E-state index >= 15 is 0 Å². The normalized spacial score (nSPS) is 9.24. The molecule has 0 spiro atoms. The van der Waals surface area contributed by atoms with Gasteiger partial charge in [0.25, 0.3) is 5.91 Å². The van der Waals surface area contributed by atoms with Gasteiger partial charge in [0.2, 0.25) is 0 Å². The van der Waals surface area contributed by atoms with E-state index in [1.165, 1.54) is 0 Å². The third-order valence-corrected chi connectivity index (χ3v) is 1.75. The number of carbonyl (C=O) groups excluding carboxylic acids is 2. The molecule has 0 aliphatic heterocycles. The van der Waals surface area contributed by atoms with Crippen LogP contribution in [0.25, 0.3) is 0 Å². The molecule has 0 saturated carbocycles. The van der Waals surface area contributed by atoms with Gasteiger partial charge in [0.05, 0.1) is 6.61 Å². The van der Waals surface area contributed by atoms with E-state index in [0.717, 1.165) is 6.08 Å². The average molecular weight is 235 g/mol. The van der Waals surface area contributed by atoms with Crippen LogP contribution in [0.1, 0.15) is 6.92 Å². The van der Waals surface area contributed by atoms with Crippen molar-refractivity contribution in [3.8, 4) is 5.75 Å². The van der Waals surface area contributed by atoms with Crippen molar-refractivity contribution in [2.45, 2.75) is 6.92 Å². The Morgan fingerprint density at radius 1 is 1.35 bits per heavy atom. The third kappa shape index (κ3) is 3.64. The van der Waals surface area contributed by atoms with E-state index in [1.54, 1.807) is 37.3 Å². The molecule has 0 radical (unpaired) electrons. The van der Waals surface area contributed by atoms with Crippen molar-refractivity contribution in [1.29, 1.82) is 0 Å². The summed E-state index contributed by atoms with van der Waals surface area (Å²) in [6, 6.07) is 8.45. The van der Waals surface area contributed by atoms with Crippen LogP contribution in [-0.2, 0) is 9.53 Å². The standard InChI is InChI=1S/C12H13NO4/c1-3-11(14)13(12(15)16-4-2)17-10-8-6-5-7-9-10/h3,5-9H,1,4H2,2H3. The minimum absolute atomic E-state index is 0.151. The van der Waals surface area contributed by atoms with Crippen LogP contribution in [0.2, 0.25) is 0 Å². The van der Waals surface area contributed by atoms with Crippen molar-refractivity contribution < 1.29 is 19.2 Å². The van der Waals surface area contributed by atoms with Crippen LogP contribution in [-0.4, -0.2) is 23.7 Å². The van der Waals surface area contributed by atoms with Gasteiger partial charge in [-0.2, -0.15) is 0 Å². The highest BCUT2D eigenvalue weighted by Crippen LogP contribution is 2.11. The van der Waals surface area contributed by atoms with Crippen LogP contribution < -0.4 is 4.84 Å². The number of nitrogens with zero attached hydrogens (tertiary/aromatic N) is 1. The second-order valence-corrected chi connectivity index (χ2v) is 2.94. The van der Waals surface area contributed by atoms with Gasteiger partial charge in [-0.1, -0.05) is 29.8 Å². The van der Waals surface area contributed by atoms with E-state index in [1.807, 2.05) is 0 Å². The number of imide groups is 1. The second kappa shape index (κ2) is 6.32. The van der Waals surface area contributed by atoms with Crippen molar-refractivity contribution in [1.82, 2.24) is 5.06 Å². The first-order valence-corrected chi connectivity index (χ1v) is 5.05. The molecule has 0 fully saturated rings. The summed E-state index contributed by atoms with van der Waals surface area (Å²) < 4.78 is 4.69. The molecule has 0 bridgehead atoms. The first-order valence-electron chi connectivity index (χ1n) is 5.05. The fourth-order valence-corrected chi connectivity index (χ4v) is 1.02. The molecule has 5 nitrogen and oxygen atoms in total. The lowest BCUT2D eigenvalue weighted by molar-refractivity contribution is -0.145. The number of amides is 2. The number of hydroxylamine groups is 2. The second-order valence-electron chi connectivity index (χ2n) is 2.94. The number of benzene rings is 1. The summed E-state index contributed by atoms with van der Waals surface area (Å²) in [5.74, 6) is -0.331. The Balaban J connectivity index is 2.81. The minimum Gasteiger partial charge on any atom is -0.447 e. The number of hydrogen-bond donors (Lipinski definition) is 0. The predicted octanol–water partition coefficient (Wildman–Crippen LogP) is 2.15. The van der Waals surface area contributed by atoms with Gasteiger partial charge in [0, 0.05) is 0 Å². The Kier molecular flexibility index (Phi) is 4.75. The maximum Gasteiger partial charge on any atom is 0.451 e. The maximum atomic E-state index is 11.5. The molecular formula is C12H13NO4. The monoisotopic (exact) mass is 235 g/mol. The van der Waals surface area contributed by atoms with Crippen molar-refractivity contribution in [3.63, 3.8) is 0 Å². The quantitative estimate of drug-likeness (QED) is 0.592. The van der Waals surface area contributed by atoms with Crippen molar-refractivity contribution >= 4 is 12.0 Å². The predicted molar refractivity (Wildman–Crippen MR) is 61.1 cm³/mol. The lowest BCUT2D eigenvalue weighted by Gasteiger charge is -2.17. The highest BCUT2D eigenvalue weighted by Gasteiger charge is 2.23. The maximum absolute atomic E-state index is 11.5. The summed E-state index contributed by atoms with van der Waals surface area (Å²) in [6.45, 7) is 5.07. The molecule has 0 N–H and O–H groups in total. The van der Waals surface area contributed by atoms with Gasteiger partial charge < -0.3 is 9.57 Å². The first-order chi connectivity index (χ1) is 8.19. The number of rotatable bonds is 4. The molecule has 2 amide bonds. The molecule has 0 unspecified atom stereocenters. The van der Waals surface area contributed by atoms with E-state index in [2.05, 4.69) is 6.58 Å². The molecule has 1 aromatic rings. The number of para-hydroxylation sites is 1. The topological polar surface area (TPSA) is 55.8 Å². The molecule has 1 rings (SSSR count). The van der Waals surface area contributed by atoms with Crippen LogP contribution in [0.4, 0.5) is 4.79 Å². The fraction of sp³-hybridized carbons (Fsp3) is 0.167. The molecule has 17 heavy (non-hydrogen) atoms. The van der Waals surface area contributed by atoms with E-state index in [0.29, 0.717) is 10.8 Å². The van der Waals surface area contributed by atoms with Crippen LogP contribution in [0.15, 0.2) is 43.0 Å². The van der Waals surface area contributed by atoms with Gasteiger partial charge >= 0.3 is 6.09 Å². The molecule has 0 aliphatic carbocycles. The summed E-state index contributed by atoms with van der Waals surface area (Å²) >= 11 is 0. The summed E-state index contributed by atoms with van der Waals surface area (Å²) in [7, 11) is 0. The SMILES string of the molecule is C=CC(=O)N(Oc1ccccc1)C(=O)OCC. The Bertz CT molecular complexity index is 402. The zero-order valence-corrected chi connectivity index (χ0v) is 9.46. The van der Waals surface area contributed by atoms with Gasteiger partial charge in [0.1, 0.15) is 0 Å². The lowest BCUT2D eigenvalue weighted by Crippen LogP contribution is -2.39. The summed E-state index contributed by atoms with van der Waals surface area (Å²) in [4.78, 5) is 28.0. The third-order valence-electron chi connectivity index (χ3n) is 1.75. The fourth-order valence-electron chi connectivity index (χ4n) is 1.02. The van der Waals surface area contributed by atoms with Gasteiger partial charge in [-0.3, -0.25) is 4.79 Å². The van der Waals surface area contributed by atoms with E-state index in [-0.39, 0.29) is 6.61 Å². The van der Waals surface area contributed by atoms with Crippen LogP contribution in [0.5, 0.6) is 5.75 Å². The van der Waals surface area contributed by atoms with Crippen LogP contribution in [0, 0.1) is 0 Å². The van der Waals surface area contributed by atoms with Gasteiger partial charge in [-0.15, -0.1) is 0 Å². The lowest BCUT2D eigenvalue weighted by atomic mass is 10.3. The average Bonchev–Trinajstić information content (AvgIpc) is 2.36. The molecule has 1 aromatic carbocycles. The van der Waals surface area contributed by atoms with E-state index in [9.17, 15) is 9.59 Å². The Labute approximate surface area is 99.2 Å². The molecule has 0 aliphatic rings. The Morgan fingerprint density at radius 3 is 2.53 bits per heavy atom. The van der Waals surface area contributed by atoms with Crippen molar-refractivity contribution in [3.05, 3.63) is 43.0 Å². The van der Waals surface area contributed by atoms with Crippen molar-refractivity contribution in [2.75, 3.05) is 6.61 Å². The van der Waals surface area contributed by atoms with Gasteiger partial charge in [0.15, 0.2) is 5.75 Å². The molecule has 90 valence electrons. The zero-order valence-electron chi connectivity index (χ0n) is 9.46. The number of ether oxygens (including phenoxy) is 1. The molecule has 0 aromatic heterocycles. The first kappa shape index (κ1) is 12.8. The minimum atomic E-state index is -0.874. The van der Waals surface area contributed by atoms with E-state index in [4.69, 9.17) is 9.57 Å². The summed E-state index contributed by atoms with van der Waals surface area (Å²) in [6.07, 6.45) is 0.0982. The van der Waals surface area contributed by atoms with Crippen LogP contribution >= 0.6 is 0 Å². The molecule has 0 heterocycles. The highest BCUT2D eigenvalue weighted by molar-refractivity contribution is 5.97. The van der Waals surface area contributed by atoms with Crippen molar-refractivity contribution in [2.24, 2.45) is 0 Å². The Hall–Kier alpha value is -2.30. The largest absolute Gasteiger partial charge is 0.451 e. The highest BCUT2D eigenvalue weighted by atomic mass is 16.7. The summed E-state index contributed by atoms with van der Waals surface area (Å²) in [5.41, 5.74) is 0. The van der Waals surface area contributed by atoms with Crippen LogP contribution in [0.3, 0.4) is 0 Å². The summed E-state index contributed by atoms with van der Waals surface area (Å²) in [5, 5.41) is 0.520. The molecule has 5 heteroatoms. The van der Waals surface area contributed by atoms with Gasteiger partial charge in [-0.25, -0.2) is 4.79 Å². The molecular weight excluding hydrogens is 222 g/mol. The molecule has 0 atom stereocenters. The number of carbonyl (C=O) groups is 2. The Morgan fingerprint density at radius 2 is 2.00 bits per heavy atom. The smallest absolute Gasteiger partial charge is 0.447 e. The zero-order chi connectivity index (χ0) is 12.7. The van der Waals surface area contributed by atoms with E-state index < -0.39 is 12.0 Å². The molecule has 0 saturated heterocycles.